The van der Waals surface area contributed by atoms with Crippen LogP contribution in [0.3, 0.4) is 0 Å². The molecule has 10 nitrogen and oxygen atoms in total. The van der Waals surface area contributed by atoms with E-state index in [1.165, 1.54) is 16.8 Å². The van der Waals surface area contributed by atoms with Gasteiger partial charge in [-0.25, -0.2) is 0 Å². The Morgan fingerprint density at radius 3 is 2.68 bits per heavy atom. The second-order valence-corrected chi connectivity index (χ2v) is 4.73. The van der Waals surface area contributed by atoms with Crippen LogP contribution in [0.2, 0.25) is 0 Å². The van der Waals surface area contributed by atoms with Crippen molar-refractivity contribution in [2.45, 2.75) is 13.0 Å². The summed E-state index contributed by atoms with van der Waals surface area (Å²) in [7, 11) is 0. The summed E-state index contributed by atoms with van der Waals surface area (Å²) in [6.07, 6.45) is 0. The lowest BCUT2D eigenvalue weighted by atomic mass is 9.95. The molecule has 1 atom stereocenters. The Balaban J connectivity index is 2.14. The predicted octanol–water partition coefficient (Wildman–Crippen LogP) is 0.355. The predicted molar refractivity (Wildman–Crippen MR) is 74.6 cm³/mol. The van der Waals surface area contributed by atoms with Crippen LogP contribution < -0.4 is 11.1 Å². The van der Waals surface area contributed by atoms with Crippen molar-refractivity contribution in [1.82, 2.24) is 20.2 Å². The number of benzene rings is 1. The number of nitrogens with zero attached hydrogens (tertiary/aromatic N) is 5. The SMILES string of the molecule is CC1=C(C(N)=O)[C@H](c2ccc([N+](=O)[O-])cc2)n2nnnc2N1. The summed E-state index contributed by atoms with van der Waals surface area (Å²) in [4.78, 5) is 22.0. The Hall–Kier alpha value is -3.30. The molecule has 1 amide bonds. The number of nitro groups is 1. The molecule has 0 aliphatic carbocycles. The van der Waals surface area contributed by atoms with Gasteiger partial charge in [-0.15, -0.1) is 0 Å². The van der Waals surface area contributed by atoms with E-state index in [0.717, 1.165) is 0 Å². The number of primary amides is 1. The van der Waals surface area contributed by atoms with Gasteiger partial charge < -0.3 is 11.1 Å². The number of rotatable bonds is 3. The molecule has 10 heteroatoms. The Morgan fingerprint density at radius 1 is 1.41 bits per heavy atom. The van der Waals surface area contributed by atoms with Gasteiger partial charge >= 0.3 is 0 Å². The van der Waals surface area contributed by atoms with Gasteiger partial charge in [0.25, 0.3) is 5.69 Å². The van der Waals surface area contributed by atoms with E-state index in [9.17, 15) is 14.9 Å². The van der Waals surface area contributed by atoms with E-state index in [4.69, 9.17) is 5.73 Å². The molecule has 2 aromatic rings. The van der Waals surface area contributed by atoms with Crippen LogP contribution in [-0.4, -0.2) is 31.0 Å². The maximum atomic E-state index is 11.8. The average Bonchev–Trinajstić information content (AvgIpc) is 2.93. The van der Waals surface area contributed by atoms with E-state index in [0.29, 0.717) is 22.8 Å². The molecule has 0 saturated heterocycles. The highest BCUT2D eigenvalue weighted by atomic mass is 16.6. The first-order valence-electron chi connectivity index (χ1n) is 6.29. The molecule has 2 heterocycles. The normalized spacial score (nSPS) is 16.9. The minimum Gasteiger partial charge on any atom is -0.366 e. The number of hydrogen-bond donors (Lipinski definition) is 2. The number of allylic oxidation sites excluding steroid dienone is 1. The number of fused-ring (bicyclic) bond motifs is 1. The number of carbonyl (C=O) groups is 1. The summed E-state index contributed by atoms with van der Waals surface area (Å²) >= 11 is 0. The zero-order chi connectivity index (χ0) is 15.9. The summed E-state index contributed by atoms with van der Waals surface area (Å²) in [6.45, 7) is 1.69. The number of nitrogens with two attached hydrogens (primary N) is 1. The monoisotopic (exact) mass is 301 g/mol. The zero-order valence-corrected chi connectivity index (χ0v) is 11.4. The average molecular weight is 301 g/mol. The van der Waals surface area contributed by atoms with Gasteiger partial charge in [-0.2, -0.15) is 4.68 Å². The van der Waals surface area contributed by atoms with Gasteiger partial charge in [0.1, 0.15) is 6.04 Å². The number of anilines is 1. The molecular formula is C12H11N7O3. The zero-order valence-electron chi connectivity index (χ0n) is 11.4. The lowest BCUT2D eigenvalue weighted by Gasteiger charge is -2.26. The van der Waals surface area contributed by atoms with Gasteiger partial charge in [-0.3, -0.25) is 14.9 Å². The number of amides is 1. The van der Waals surface area contributed by atoms with E-state index in [2.05, 4.69) is 20.8 Å². The van der Waals surface area contributed by atoms with E-state index in [1.807, 2.05) is 0 Å². The third-order valence-electron chi connectivity index (χ3n) is 3.40. The van der Waals surface area contributed by atoms with Crippen LogP contribution in [0.25, 0.3) is 0 Å². The van der Waals surface area contributed by atoms with Gasteiger partial charge in [-0.1, -0.05) is 5.10 Å². The minimum atomic E-state index is -0.635. The van der Waals surface area contributed by atoms with Crippen LogP contribution in [0.15, 0.2) is 35.5 Å². The first kappa shape index (κ1) is 13.7. The van der Waals surface area contributed by atoms with Gasteiger partial charge in [0.05, 0.1) is 10.5 Å². The number of nitrogens with one attached hydrogen (secondary N) is 1. The summed E-state index contributed by atoms with van der Waals surface area (Å²) in [5.74, 6) is -0.250. The highest BCUT2D eigenvalue weighted by Crippen LogP contribution is 2.34. The summed E-state index contributed by atoms with van der Waals surface area (Å²) in [6, 6.07) is 5.18. The highest BCUT2D eigenvalue weighted by molar-refractivity contribution is 5.95. The fourth-order valence-electron chi connectivity index (χ4n) is 2.42. The van der Waals surface area contributed by atoms with Crippen molar-refractivity contribution in [3.63, 3.8) is 0 Å². The molecule has 0 radical (unpaired) electrons. The van der Waals surface area contributed by atoms with Crippen LogP contribution in [0.5, 0.6) is 0 Å². The number of nitro benzene ring substituents is 1. The van der Waals surface area contributed by atoms with E-state index < -0.39 is 16.9 Å². The third kappa shape index (κ3) is 2.06. The number of tetrazole rings is 1. The van der Waals surface area contributed by atoms with Gasteiger partial charge in [0.2, 0.25) is 11.9 Å². The quantitative estimate of drug-likeness (QED) is 0.615. The molecule has 3 rings (SSSR count). The minimum absolute atomic E-state index is 0.0454. The van der Waals surface area contributed by atoms with Crippen molar-refractivity contribution in [3.8, 4) is 0 Å². The number of carbonyl (C=O) groups excluding carboxylic acids is 1. The highest BCUT2D eigenvalue weighted by Gasteiger charge is 2.32. The van der Waals surface area contributed by atoms with Crippen molar-refractivity contribution in [3.05, 3.63) is 51.2 Å². The molecule has 22 heavy (non-hydrogen) atoms. The molecule has 0 saturated carbocycles. The van der Waals surface area contributed by atoms with E-state index in [-0.39, 0.29) is 5.69 Å². The number of hydrogen-bond acceptors (Lipinski definition) is 7. The van der Waals surface area contributed by atoms with E-state index in [1.54, 1.807) is 19.1 Å². The Labute approximate surface area is 123 Å². The number of aromatic nitrogens is 4. The van der Waals surface area contributed by atoms with Crippen LogP contribution in [0, 0.1) is 10.1 Å². The second-order valence-electron chi connectivity index (χ2n) is 4.73. The Morgan fingerprint density at radius 2 is 2.09 bits per heavy atom. The standard InChI is InChI=1S/C12H11N7O3/c1-6-9(11(13)20)10(18-12(14-6)15-16-17-18)7-2-4-8(5-3-7)19(21)22/h2-5,10H,1H3,(H2,13,20)(H,14,15,17)/t10-/m0/s1. The molecular weight excluding hydrogens is 290 g/mol. The fourth-order valence-corrected chi connectivity index (χ4v) is 2.42. The summed E-state index contributed by atoms with van der Waals surface area (Å²) in [5, 5.41) is 24.9. The first-order valence-corrected chi connectivity index (χ1v) is 6.29. The molecule has 3 N–H and O–H groups in total. The molecule has 1 aliphatic heterocycles. The molecule has 0 unspecified atom stereocenters. The topological polar surface area (TPSA) is 142 Å². The first-order chi connectivity index (χ1) is 10.5. The molecule has 1 aliphatic rings. The fraction of sp³-hybridized carbons (Fsp3) is 0.167. The van der Waals surface area contributed by atoms with Crippen molar-refractivity contribution >= 4 is 17.5 Å². The molecule has 0 bridgehead atoms. The molecule has 112 valence electrons. The van der Waals surface area contributed by atoms with Gasteiger partial charge in [0, 0.05) is 17.8 Å². The van der Waals surface area contributed by atoms with Gasteiger partial charge in [0.15, 0.2) is 0 Å². The second kappa shape index (κ2) is 4.91. The maximum Gasteiger partial charge on any atom is 0.269 e. The summed E-state index contributed by atoms with van der Waals surface area (Å²) < 4.78 is 1.41. The lowest BCUT2D eigenvalue weighted by Crippen LogP contribution is -2.31. The number of non-ortho nitro benzene ring substituents is 1. The van der Waals surface area contributed by atoms with Crippen LogP contribution in [0.4, 0.5) is 11.6 Å². The largest absolute Gasteiger partial charge is 0.366 e. The molecule has 1 aromatic heterocycles. The molecule has 1 aromatic carbocycles. The van der Waals surface area contributed by atoms with Crippen LogP contribution >= 0.6 is 0 Å². The van der Waals surface area contributed by atoms with Crippen LogP contribution in [0.1, 0.15) is 18.5 Å². The lowest BCUT2D eigenvalue weighted by molar-refractivity contribution is -0.384. The summed E-state index contributed by atoms with van der Waals surface area (Å²) in [5.41, 5.74) is 6.88. The van der Waals surface area contributed by atoms with Crippen LogP contribution in [-0.2, 0) is 4.79 Å². The Kier molecular flexibility index (Phi) is 3.05. The molecule has 0 spiro atoms. The van der Waals surface area contributed by atoms with Crippen molar-refractivity contribution < 1.29 is 9.72 Å². The maximum absolute atomic E-state index is 11.8. The van der Waals surface area contributed by atoms with Gasteiger partial charge in [-0.05, 0) is 35.0 Å². The third-order valence-corrected chi connectivity index (χ3v) is 3.40. The van der Waals surface area contributed by atoms with E-state index >= 15 is 0 Å². The smallest absolute Gasteiger partial charge is 0.269 e. The molecule has 0 fully saturated rings. The Bertz CT molecular complexity index is 793. The van der Waals surface area contributed by atoms with Crippen molar-refractivity contribution in [1.29, 1.82) is 0 Å². The van der Waals surface area contributed by atoms with Crippen molar-refractivity contribution in [2.75, 3.05) is 5.32 Å². The van der Waals surface area contributed by atoms with Crippen molar-refractivity contribution in [2.24, 2.45) is 5.73 Å².